The lowest BCUT2D eigenvalue weighted by atomic mass is 10.1. The van der Waals surface area contributed by atoms with E-state index in [0.29, 0.717) is 6.04 Å². The van der Waals surface area contributed by atoms with E-state index in [4.69, 9.17) is 0 Å². The maximum Gasteiger partial charge on any atom is 0.0929 e. The molecule has 0 aromatic carbocycles. The van der Waals surface area contributed by atoms with Crippen molar-refractivity contribution < 1.29 is 0 Å². The SMILES string of the molecule is CCc1nc2c(s1)C(CC)NCC2. The van der Waals surface area contributed by atoms with Crippen molar-refractivity contribution in [3.63, 3.8) is 0 Å². The second-order valence-corrected chi connectivity index (χ2v) is 4.55. The van der Waals surface area contributed by atoms with E-state index in [1.807, 2.05) is 11.3 Å². The summed E-state index contributed by atoms with van der Waals surface area (Å²) < 4.78 is 0. The van der Waals surface area contributed by atoms with Gasteiger partial charge in [-0.15, -0.1) is 11.3 Å². The molecule has 0 saturated carbocycles. The normalized spacial score (nSPS) is 21.5. The van der Waals surface area contributed by atoms with E-state index in [1.165, 1.54) is 22.0 Å². The lowest BCUT2D eigenvalue weighted by Gasteiger charge is -2.21. The topological polar surface area (TPSA) is 24.9 Å². The molecule has 1 aliphatic rings. The third-order valence-corrected chi connectivity index (χ3v) is 3.91. The molecule has 1 N–H and O–H groups in total. The van der Waals surface area contributed by atoms with Crippen molar-refractivity contribution in [1.29, 1.82) is 0 Å². The molecule has 13 heavy (non-hydrogen) atoms. The van der Waals surface area contributed by atoms with Crippen LogP contribution in [0.5, 0.6) is 0 Å². The standard InChI is InChI=1S/C10H16N2S/c1-3-7-10-8(5-6-11-7)12-9(4-2)13-10/h7,11H,3-6H2,1-2H3. The van der Waals surface area contributed by atoms with Gasteiger partial charge in [0.2, 0.25) is 0 Å². The van der Waals surface area contributed by atoms with E-state index in [0.717, 1.165) is 19.4 Å². The van der Waals surface area contributed by atoms with Gasteiger partial charge < -0.3 is 5.32 Å². The number of nitrogens with zero attached hydrogens (tertiary/aromatic N) is 1. The van der Waals surface area contributed by atoms with Gasteiger partial charge in [0, 0.05) is 23.9 Å². The molecule has 1 atom stereocenters. The number of fused-ring (bicyclic) bond motifs is 1. The molecule has 0 fully saturated rings. The number of aryl methyl sites for hydroxylation is 1. The van der Waals surface area contributed by atoms with Crippen LogP contribution >= 0.6 is 11.3 Å². The molecule has 2 heterocycles. The monoisotopic (exact) mass is 196 g/mol. The van der Waals surface area contributed by atoms with Crippen molar-refractivity contribution in [3.8, 4) is 0 Å². The first-order valence-corrected chi connectivity index (χ1v) is 5.88. The van der Waals surface area contributed by atoms with E-state index in [9.17, 15) is 0 Å². The number of aromatic nitrogens is 1. The molecule has 0 aliphatic carbocycles. The summed E-state index contributed by atoms with van der Waals surface area (Å²) in [5.41, 5.74) is 1.35. The maximum absolute atomic E-state index is 4.65. The zero-order valence-electron chi connectivity index (χ0n) is 8.26. The predicted octanol–water partition coefficient (Wildman–Crippen LogP) is 2.30. The second kappa shape index (κ2) is 3.76. The number of hydrogen-bond donors (Lipinski definition) is 1. The quantitative estimate of drug-likeness (QED) is 0.785. The van der Waals surface area contributed by atoms with Crippen LogP contribution in [0, 0.1) is 0 Å². The highest BCUT2D eigenvalue weighted by molar-refractivity contribution is 7.11. The van der Waals surface area contributed by atoms with Crippen LogP contribution in [0.15, 0.2) is 0 Å². The van der Waals surface area contributed by atoms with Gasteiger partial charge in [0.1, 0.15) is 0 Å². The molecule has 1 unspecified atom stereocenters. The fraction of sp³-hybridized carbons (Fsp3) is 0.700. The number of nitrogens with one attached hydrogen (secondary N) is 1. The molecule has 1 aromatic heterocycles. The minimum atomic E-state index is 0.571. The fourth-order valence-corrected chi connectivity index (χ4v) is 3.02. The summed E-state index contributed by atoms with van der Waals surface area (Å²) in [6.07, 6.45) is 3.37. The van der Waals surface area contributed by atoms with Crippen LogP contribution in [-0.4, -0.2) is 11.5 Å². The molecule has 2 rings (SSSR count). The highest BCUT2D eigenvalue weighted by Gasteiger charge is 2.21. The first-order valence-electron chi connectivity index (χ1n) is 5.07. The Kier molecular flexibility index (Phi) is 2.65. The molecule has 0 spiro atoms. The minimum Gasteiger partial charge on any atom is -0.309 e. The van der Waals surface area contributed by atoms with Crippen molar-refractivity contribution in [2.24, 2.45) is 0 Å². The zero-order chi connectivity index (χ0) is 9.26. The summed E-state index contributed by atoms with van der Waals surface area (Å²) in [5.74, 6) is 0. The van der Waals surface area contributed by atoms with Gasteiger partial charge in [0.25, 0.3) is 0 Å². The molecule has 72 valence electrons. The van der Waals surface area contributed by atoms with Crippen LogP contribution < -0.4 is 5.32 Å². The van der Waals surface area contributed by atoms with Crippen LogP contribution in [0.3, 0.4) is 0 Å². The average Bonchev–Trinajstić information content (AvgIpc) is 2.59. The summed E-state index contributed by atoms with van der Waals surface area (Å²) in [5, 5.41) is 4.83. The maximum atomic E-state index is 4.65. The van der Waals surface area contributed by atoms with Gasteiger partial charge in [0.15, 0.2) is 0 Å². The van der Waals surface area contributed by atoms with Crippen LogP contribution in [0.2, 0.25) is 0 Å². The van der Waals surface area contributed by atoms with Crippen LogP contribution in [0.25, 0.3) is 0 Å². The third-order valence-electron chi connectivity index (χ3n) is 2.55. The Balaban J connectivity index is 2.32. The Bertz CT molecular complexity index is 293. The summed E-state index contributed by atoms with van der Waals surface area (Å²) >= 11 is 1.89. The van der Waals surface area contributed by atoms with Gasteiger partial charge in [-0.2, -0.15) is 0 Å². The van der Waals surface area contributed by atoms with Crippen LogP contribution in [0.4, 0.5) is 0 Å². The van der Waals surface area contributed by atoms with E-state index < -0.39 is 0 Å². The molecule has 0 amide bonds. The largest absolute Gasteiger partial charge is 0.309 e. The number of hydrogen-bond acceptors (Lipinski definition) is 3. The Labute approximate surface area is 83.4 Å². The van der Waals surface area contributed by atoms with Gasteiger partial charge in [-0.05, 0) is 12.8 Å². The summed E-state index contributed by atoms with van der Waals surface area (Å²) in [6, 6.07) is 0.571. The van der Waals surface area contributed by atoms with Crippen LogP contribution in [0.1, 0.15) is 41.9 Å². The number of thiazole rings is 1. The molecule has 0 bridgehead atoms. The zero-order valence-corrected chi connectivity index (χ0v) is 9.08. The molecule has 0 saturated heterocycles. The predicted molar refractivity (Wildman–Crippen MR) is 56.2 cm³/mol. The van der Waals surface area contributed by atoms with Crippen molar-refractivity contribution in [2.45, 2.75) is 39.2 Å². The first kappa shape index (κ1) is 9.16. The van der Waals surface area contributed by atoms with Gasteiger partial charge in [0.05, 0.1) is 10.7 Å². The minimum absolute atomic E-state index is 0.571. The van der Waals surface area contributed by atoms with Crippen molar-refractivity contribution in [2.75, 3.05) is 6.54 Å². The molecule has 1 aliphatic heterocycles. The van der Waals surface area contributed by atoms with Gasteiger partial charge in [-0.1, -0.05) is 13.8 Å². The van der Waals surface area contributed by atoms with E-state index >= 15 is 0 Å². The summed E-state index contributed by atoms with van der Waals surface area (Å²) in [6.45, 7) is 5.51. The number of rotatable bonds is 2. The van der Waals surface area contributed by atoms with Gasteiger partial charge in [-0.25, -0.2) is 4.98 Å². The summed E-state index contributed by atoms with van der Waals surface area (Å²) in [7, 11) is 0. The average molecular weight is 196 g/mol. The Morgan fingerprint density at radius 3 is 3.08 bits per heavy atom. The Morgan fingerprint density at radius 1 is 1.54 bits per heavy atom. The molecular formula is C10H16N2S. The lowest BCUT2D eigenvalue weighted by molar-refractivity contribution is 0.497. The van der Waals surface area contributed by atoms with Crippen molar-refractivity contribution >= 4 is 11.3 Å². The first-order chi connectivity index (χ1) is 6.35. The smallest absolute Gasteiger partial charge is 0.0929 e. The Hall–Kier alpha value is -0.410. The second-order valence-electron chi connectivity index (χ2n) is 3.44. The third kappa shape index (κ3) is 1.63. The van der Waals surface area contributed by atoms with Gasteiger partial charge >= 0.3 is 0 Å². The molecule has 3 heteroatoms. The van der Waals surface area contributed by atoms with Crippen molar-refractivity contribution in [3.05, 3.63) is 15.6 Å². The van der Waals surface area contributed by atoms with E-state index in [-0.39, 0.29) is 0 Å². The van der Waals surface area contributed by atoms with Gasteiger partial charge in [-0.3, -0.25) is 0 Å². The highest BCUT2D eigenvalue weighted by atomic mass is 32.1. The molecule has 2 nitrogen and oxygen atoms in total. The highest BCUT2D eigenvalue weighted by Crippen LogP contribution is 2.30. The Morgan fingerprint density at radius 2 is 2.38 bits per heavy atom. The van der Waals surface area contributed by atoms with Crippen molar-refractivity contribution in [1.82, 2.24) is 10.3 Å². The fourth-order valence-electron chi connectivity index (χ4n) is 1.80. The van der Waals surface area contributed by atoms with Crippen LogP contribution in [-0.2, 0) is 12.8 Å². The molecule has 1 aromatic rings. The van der Waals surface area contributed by atoms with E-state index in [2.05, 4.69) is 24.1 Å². The van der Waals surface area contributed by atoms with E-state index in [1.54, 1.807) is 0 Å². The summed E-state index contributed by atoms with van der Waals surface area (Å²) in [4.78, 5) is 6.14. The molecular weight excluding hydrogens is 180 g/mol. The molecule has 0 radical (unpaired) electrons. The lowest BCUT2D eigenvalue weighted by Crippen LogP contribution is -2.28.